The van der Waals surface area contributed by atoms with Crippen LogP contribution >= 0.6 is 46.1 Å². The van der Waals surface area contributed by atoms with Crippen molar-refractivity contribution in [2.45, 2.75) is 19.4 Å². The molecular formula is C22H16Cl3NO3S. The van der Waals surface area contributed by atoms with Crippen LogP contribution in [0, 0.1) is 6.92 Å². The van der Waals surface area contributed by atoms with E-state index < -0.39 is 11.9 Å². The Morgan fingerprint density at radius 2 is 1.73 bits per heavy atom. The predicted molar refractivity (Wildman–Crippen MR) is 121 cm³/mol. The molecule has 3 aromatic rings. The van der Waals surface area contributed by atoms with Crippen LogP contribution in [0.3, 0.4) is 0 Å². The number of nitrogens with zero attached hydrogens (tertiary/aromatic N) is 1. The Balaban J connectivity index is 1.88. The average Bonchev–Trinajstić information content (AvgIpc) is 3.19. The van der Waals surface area contributed by atoms with Crippen molar-refractivity contribution in [1.82, 2.24) is 4.90 Å². The van der Waals surface area contributed by atoms with Crippen LogP contribution in [-0.2, 0) is 6.42 Å². The van der Waals surface area contributed by atoms with Crippen molar-refractivity contribution in [3.05, 3.63) is 89.5 Å². The monoisotopic (exact) mass is 479 g/mol. The first-order valence-corrected chi connectivity index (χ1v) is 11.2. The minimum absolute atomic E-state index is 0.0141. The summed E-state index contributed by atoms with van der Waals surface area (Å²) in [6, 6.07) is 9.81. The number of rotatable bonds is 3. The van der Waals surface area contributed by atoms with E-state index in [1.165, 1.54) is 17.0 Å². The molecule has 0 bridgehead atoms. The highest BCUT2D eigenvalue weighted by molar-refractivity contribution is 7.10. The molecule has 2 aromatic carbocycles. The van der Waals surface area contributed by atoms with Gasteiger partial charge in [0, 0.05) is 16.4 Å². The highest BCUT2D eigenvalue weighted by Gasteiger charge is 2.36. The zero-order valence-corrected chi connectivity index (χ0v) is 18.9. The third-order valence-corrected chi connectivity index (χ3v) is 7.48. The lowest BCUT2D eigenvalue weighted by Gasteiger charge is -2.37. The summed E-state index contributed by atoms with van der Waals surface area (Å²) in [6.45, 7) is 2.37. The van der Waals surface area contributed by atoms with Crippen LogP contribution in [0.4, 0.5) is 0 Å². The summed E-state index contributed by atoms with van der Waals surface area (Å²) in [5.74, 6) is -1.65. The van der Waals surface area contributed by atoms with Crippen molar-refractivity contribution < 1.29 is 14.7 Å². The fourth-order valence-corrected chi connectivity index (χ4v) is 5.26. The van der Waals surface area contributed by atoms with Gasteiger partial charge in [-0.3, -0.25) is 4.79 Å². The third-order valence-electron chi connectivity index (χ3n) is 5.35. The lowest BCUT2D eigenvalue weighted by Crippen LogP contribution is -2.41. The molecule has 0 saturated heterocycles. The zero-order chi connectivity index (χ0) is 21.6. The lowest BCUT2D eigenvalue weighted by atomic mass is 9.89. The number of halogens is 3. The van der Waals surface area contributed by atoms with E-state index in [2.05, 4.69) is 0 Å². The molecule has 2 heterocycles. The molecule has 0 radical (unpaired) electrons. The SMILES string of the molecule is Cc1c(Cl)cccc1C1c2ccsc2CCN1C(=O)c1cc(Cl)c(Cl)cc1C(=O)O. The Bertz CT molecular complexity index is 1170. The number of fused-ring (bicyclic) bond motifs is 1. The first-order chi connectivity index (χ1) is 14.3. The first-order valence-electron chi connectivity index (χ1n) is 9.14. The van der Waals surface area contributed by atoms with Crippen LogP contribution in [0.25, 0.3) is 0 Å². The van der Waals surface area contributed by atoms with E-state index in [1.807, 2.05) is 36.6 Å². The van der Waals surface area contributed by atoms with Gasteiger partial charge in [0.05, 0.1) is 27.2 Å². The van der Waals surface area contributed by atoms with Crippen molar-refractivity contribution in [3.63, 3.8) is 0 Å². The standard InChI is InChI=1S/C22H16Cl3NO3S/c1-11-12(3-2-4-16(11)23)20-13-6-8-30-19(13)5-7-26(20)21(27)14-9-17(24)18(25)10-15(14)22(28)29/h2-4,6,8-10,20H,5,7H2,1H3,(H,28,29). The van der Waals surface area contributed by atoms with Gasteiger partial charge in [-0.15, -0.1) is 11.3 Å². The number of hydrogen-bond donors (Lipinski definition) is 1. The number of aromatic carboxylic acids is 1. The van der Waals surface area contributed by atoms with Gasteiger partial charge < -0.3 is 10.0 Å². The van der Waals surface area contributed by atoms with Crippen molar-refractivity contribution >= 4 is 58.0 Å². The van der Waals surface area contributed by atoms with Crippen molar-refractivity contribution in [2.75, 3.05) is 6.54 Å². The number of carbonyl (C=O) groups excluding carboxylic acids is 1. The second-order valence-corrected chi connectivity index (χ2v) is 9.24. The second-order valence-electron chi connectivity index (χ2n) is 7.02. The van der Waals surface area contributed by atoms with E-state index in [4.69, 9.17) is 34.8 Å². The first kappa shape index (κ1) is 21.2. The molecule has 4 rings (SSSR count). The Morgan fingerprint density at radius 3 is 2.43 bits per heavy atom. The zero-order valence-electron chi connectivity index (χ0n) is 15.8. The molecule has 30 heavy (non-hydrogen) atoms. The molecule has 0 saturated carbocycles. The summed E-state index contributed by atoms with van der Waals surface area (Å²) in [6.07, 6.45) is 0.693. The van der Waals surface area contributed by atoms with Crippen LogP contribution < -0.4 is 0 Å². The minimum atomic E-state index is -1.24. The number of thiophene rings is 1. The molecule has 1 atom stereocenters. The van der Waals surface area contributed by atoms with E-state index in [0.717, 1.165) is 16.7 Å². The topological polar surface area (TPSA) is 57.6 Å². The molecule has 1 aliphatic rings. The van der Waals surface area contributed by atoms with Gasteiger partial charge in [-0.2, -0.15) is 0 Å². The number of benzene rings is 2. The van der Waals surface area contributed by atoms with Gasteiger partial charge in [-0.1, -0.05) is 46.9 Å². The molecule has 1 N–H and O–H groups in total. The highest BCUT2D eigenvalue weighted by atomic mass is 35.5. The molecular weight excluding hydrogens is 465 g/mol. The maximum absolute atomic E-state index is 13.6. The molecule has 1 unspecified atom stereocenters. The molecule has 1 aliphatic heterocycles. The van der Waals surface area contributed by atoms with Gasteiger partial charge in [0.1, 0.15) is 0 Å². The number of hydrogen-bond acceptors (Lipinski definition) is 3. The van der Waals surface area contributed by atoms with E-state index in [0.29, 0.717) is 18.0 Å². The summed E-state index contributed by atoms with van der Waals surface area (Å²) in [7, 11) is 0. The quantitative estimate of drug-likeness (QED) is 0.465. The Kier molecular flexibility index (Phi) is 5.82. The number of amides is 1. The molecule has 1 aromatic heterocycles. The lowest BCUT2D eigenvalue weighted by molar-refractivity contribution is 0.0653. The summed E-state index contributed by atoms with van der Waals surface area (Å²) >= 11 is 20.2. The highest BCUT2D eigenvalue weighted by Crippen LogP contribution is 2.41. The van der Waals surface area contributed by atoms with Gasteiger partial charge >= 0.3 is 5.97 Å². The van der Waals surface area contributed by atoms with Crippen LogP contribution in [0.15, 0.2) is 41.8 Å². The van der Waals surface area contributed by atoms with Gasteiger partial charge in [0.15, 0.2) is 0 Å². The number of carboxylic acid groups (broad SMARTS) is 1. The Morgan fingerprint density at radius 1 is 1.03 bits per heavy atom. The summed E-state index contributed by atoms with van der Waals surface area (Å²) in [4.78, 5) is 28.3. The van der Waals surface area contributed by atoms with Crippen molar-refractivity contribution in [3.8, 4) is 0 Å². The predicted octanol–water partition coefficient (Wildman–Crippen LogP) is 6.50. The summed E-state index contributed by atoms with van der Waals surface area (Å²) < 4.78 is 0. The smallest absolute Gasteiger partial charge is 0.336 e. The minimum Gasteiger partial charge on any atom is -0.478 e. The molecule has 0 aliphatic carbocycles. The number of carboxylic acids is 1. The molecule has 154 valence electrons. The van der Waals surface area contributed by atoms with E-state index >= 15 is 0 Å². The largest absolute Gasteiger partial charge is 0.478 e. The van der Waals surface area contributed by atoms with Crippen molar-refractivity contribution in [2.24, 2.45) is 0 Å². The van der Waals surface area contributed by atoms with E-state index in [-0.39, 0.29) is 27.2 Å². The maximum atomic E-state index is 13.6. The molecule has 0 spiro atoms. The van der Waals surface area contributed by atoms with E-state index in [1.54, 1.807) is 16.2 Å². The Labute approximate surface area is 192 Å². The van der Waals surface area contributed by atoms with Gasteiger partial charge in [0.2, 0.25) is 0 Å². The Hall–Kier alpha value is -2.05. The van der Waals surface area contributed by atoms with Crippen LogP contribution in [0.5, 0.6) is 0 Å². The number of carbonyl (C=O) groups is 2. The van der Waals surface area contributed by atoms with E-state index in [9.17, 15) is 14.7 Å². The summed E-state index contributed by atoms with van der Waals surface area (Å²) in [5, 5.41) is 12.5. The molecule has 1 amide bonds. The van der Waals surface area contributed by atoms with Gasteiger partial charge in [-0.05, 0) is 59.7 Å². The van der Waals surface area contributed by atoms with Crippen LogP contribution in [-0.4, -0.2) is 28.4 Å². The molecule has 4 nitrogen and oxygen atoms in total. The third kappa shape index (κ3) is 3.60. The normalized spacial score (nSPS) is 15.7. The molecule has 0 fully saturated rings. The van der Waals surface area contributed by atoms with Crippen LogP contribution in [0.2, 0.25) is 15.1 Å². The van der Waals surface area contributed by atoms with Crippen LogP contribution in [0.1, 0.15) is 48.3 Å². The fourth-order valence-electron chi connectivity index (χ4n) is 3.85. The van der Waals surface area contributed by atoms with Gasteiger partial charge in [-0.25, -0.2) is 4.79 Å². The van der Waals surface area contributed by atoms with Gasteiger partial charge in [0.25, 0.3) is 5.91 Å². The fraction of sp³-hybridized carbons (Fsp3) is 0.182. The average molecular weight is 481 g/mol. The second kappa shape index (κ2) is 8.23. The molecule has 8 heteroatoms. The summed E-state index contributed by atoms with van der Waals surface area (Å²) in [5.41, 5.74) is 2.66. The van der Waals surface area contributed by atoms with Crippen molar-refractivity contribution in [1.29, 1.82) is 0 Å². The maximum Gasteiger partial charge on any atom is 0.336 e.